The molecule has 1 fully saturated rings. The molecule has 0 spiro atoms. The maximum absolute atomic E-state index is 5.57. The molecule has 1 aromatic heterocycles. The molecule has 1 unspecified atom stereocenters. The minimum atomic E-state index is -0.0477. The van der Waals surface area contributed by atoms with Gasteiger partial charge in [0, 0.05) is 18.4 Å². The average molecular weight is 294 g/mol. The Labute approximate surface area is 128 Å². The number of nitrogens with zero attached hydrogens (tertiary/aromatic N) is 3. The van der Waals surface area contributed by atoms with E-state index in [1.54, 1.807) is 0 Å². The molecule has 1 aromatic rings. The molecule has 2 heterocycles. The summed E-state index contributed by atoms with van der Waals surface area (Å²) in [4.78, 5) is 7.05. The number of likely N-dealkylation sites (N-methyl/N-ethyl adjacent to an activating group) is 1. The Kier molecular flexibility index (Phi) is 5.76. The first-order valence-corrected chi connectivity index (χ1v) is 8.34. The first kappa shape index (κ1) is 16.4. The fourth-order valence-corrected chi connectivity index (χ4v) is 3.06. The summed E-state index contributed by atoms with van der Waals surface area (Å²) < 4.78 is 5.57. The number of nitrogens with one attached hydrogen (secondary N) is 1. The lowest BCUT2D eigenvalue weighted by Crippen LogP contribution is -2.41. The van der Waals surface area contributed by atoms with Gasteiger partial charge < -0.3 is 14.7 Å². The first-order chi connectivity index (χ1) is 10.1. The highest BCUT2D eigenvalue weighted by Gasteiger charge is 2.37. The van der Waals surface area contributed by atoms with E-state index in [1.165, 1.54) is 12.8 Å². The average Bonchev–Trinajstić information content (AvgIpc) is 2.99. The van der Waals surface area contributed by atoms with Crippen LogP contribution in [0.1, 0.15) is 52.3 Å². The topological polar surface area (TPSA) is 54.2 Å². The van der Waals surface area contributed by atoms with E-state index < -0.39 is 0 Å². The minimum absolute atomic E-state index is 0.0477. The third-order valence-electron chi connectivity index (χ3n) is 4.88. The minimum Gasteiger partial charge on any atom is -0.339 e. The van der Waals surface area contributed by atoms with Crippen LogP contribution in [-0.2, 0) is 11.8 Å². The highest BCUT2D eigenvalue weighted by atomic mass is 16.5. The molecule has 5 nitrogen and oxygen atoms in total. The van der Waals surface area contributed by atoms with Crippen molar-refractivity contribution in [3.63, 3.8) is 0 Å². The maximum Gasteiger partial charge on any atom is 0.232 e. The molecule has 1 aliphatic heterocycles. The van der Waals surface area contributed by atoms with Crippen molar-refractivity contribution in [2.24, 2.45) is 5.92 Å². The second kappa shape index (κ2) is 7.36. The first-order valence-electron chi connectivity index (χ1n) is 8.34. The van der Waals surface area contributed by atoms with Crippen LogP contribution in [0.3, 0.4) is 0 Å². The molecule has 0 aromatic carbocycles. The third-order valence-corrected chi connectivity index (χ3v) is 4.88. The number of hydrogen-bond acceptors (Lipinski definition) is 5. The molecule has 5 heteroatoms. The van der Waals surface area contributed by atoms with Crippen molar-refractivity contribution in [1.82, 2.24) is 20.4 Å². The molecule has 1 saturated heterocycles. The summed E-state index contributed by atoms with van der Waals surface area (Å²) in [5.74, 6) is 2.21. The molecule has 1 aliphatic rings. The standard InChI is InChI=1S/C16H30N4O/c1-5-20(6-2)11-9-14-18-15(21-19-14)16(3,4)13-8-7-10-17-12-13/h13,17H,5-12H2,1-4H3. The van der Waals surface area contributed by atoms with Gasteiger partial charge in [-0.15, -0.1) is 0 Å². The molecular formula is C16H30N4O. The number of piperidine rings is 1. The Morgan fingerprint density at radius 2 is 2.10 bits per heavy atom. The van der Waals surface area contributed by atoms with Gasteiger partial charge in [0.25, 0.3) is 0 Å². The van der Waals surface area contributed by atoms with Crippen LogP contribution in [0.2, 0.25) is 0 Å². The van der Waals surface area contributed by atoms with E-state index in [0.29, 0.717) is 5.92 Å². The van der Waals surface area contributed by atoms with Gasteiger partial charge in [0.2, 0.25) is 5.89 Å². The van der Waals surface area contributed by atoms with Crippen LogP contribution in [0.25, 0.3) is 0 Å². The number of rotatable bonds is 7. The summed E-state index contributed by atoms with van der Waals surface area (Å²) in [5.41, 5.74) is -0.0477. The molecule has 0 aliphatic carbocycles. The fourth-order valence-electron chi connectivity index (χ4n) is 3.06. The number of hydrogen-bond donors (Lipinski definition) is 1. The monoisotopic (exact) mass is 294 g/mol. The van der Waals surface area contributed by atoms with E-state index in [0.717, 1.165) is 50.9 Å². The molecule has 2 rings (SSSR count). The Bertz CT molecular complexity index is 420. The molecule has 120 valence electrons. The second-order valence-electron chi connectivity index (χ2n) is 6.56. The molecular weight excluding hydrogens is 264 g/mol. The van der Waals surface area contributed by atoms with Crippen LogP contribution < -0.4 is 5.32 Å². The Morgan fingerprint density at radius 1 is 1.33 bits per heavy atom. The van der Waals surface area contributed by atoms with Gasteiger partial charge in [-0.3, -0.25) is 0 Å². The highest BCUT2D eigenvalue weighted by molar-refractivity contribution is 5.05. The van der Waals surface area contributed by atoms with Crippen molar-refractivity contribution in [2.45, 2.75) is 52.4 Å². The molecule has 21 heavy (non-hydrogen) atoms. The van der Waals surface area contributed by atoms with E-state index in [2.05, 4.69) is 48.1 Å². The molecule has 0 radical (unpaired) electrons. The van der Waals surface area contributed by atoms with Gasteiger partial charge in [0.1, 0.15) is 0 Å². The van der Waals surface area contributed by atoms with Crippen molar-refractivity contribution in [2.75, 3.05) is 32.7 Å². The van der Waals surface area contributed by atoms with E-state index in [1.807, 2.05) is 0 Å². The fraction of sp³-hybridized carbons (Fsp3) is 0.875. The summed E-state index contributed by atoms with van der Waals surface area (Å²) in [6.07, 6.45) is 3.33. The van der Waals surface area contributed by atoms with Crippen LogP contribution in [0.5, 0.6) is 0 Å². The van der Waals surface area contributed by atoms with Gasteiger partial charge in [0.15, 0.2) is 5.82 Å². The van der Waals surface area contributed by atoms with Gasteiger partial charge in [0.05, 0.1) is 0 Å². The molecule has 0 saturated carbocycles. The Balaban J connectivity index is 1.97. The van der Waals surface area contributed by atoms with E-state index in [-0.39, 0.29) is 5.41 Å². The van der Waals surface area contributed by atoms with E-state index >= 15 is 0 Å². The maximum atomic E-state index is 5.57. The van der Waals surface area contributed by atoms with Gasteiger partial charge in [-0.25, -0.2) is 0 Å². The molecule has 0 bridgehead atoms. The summed E-state index contributed by atoms with van der Waals surface area (Å²) >= 11 is 0. The third kappa shape index (κ3) is 4.04. The van der Waals surface area contributed by atoms with Crippen molar-refractivity contribution in [3.8, 4) is 0 Å². The van der Waals surface area contributed by atoms with Gasteiger partial charge >= 0.3 is 0 Å². The molecule has 1 N–H and O–H groups in total. The lowest BCUT2D eigenvalue weighted by atomic mass is 9.75. The largest absolute Gasteiger partial charge is 0.339 e. The summed E-state index contributed by atoms with van der Waals surface area (Å²) in [5, 5.41) is 7.66. The van der Waals surface area contributed by atoms with Crippen LogP contribution >= 0.6 is 0 Å². The zero-order valence-electron chi connectivity index (χ0n) is 14.0. The van der Waals surface area contributed by atoms with Crippen molar-refractivity contribution < 1.29 is 4.52 Å². The van der Waals surface area contributed by atoms with E-state index in [4.69, 9.17) is 4.52 Å². The van der Waals surface area contributed by atoms with Crippen molar-refractivity contribution >= 4 is 0 Å². The summed E-state index contributed by atoms with van der Waals surface area (Å²) in [6, 6.07) is 0. The van der Waals surface area contributed by atoms with Gasteiger partial charge in [-0.2, -0.15) is 4.98 Å². The van der Waals surface area contributed by atoms with Crippen LogP contribution in [0, 0.1) is 5.92 Å². The summed E-state index contributed by atoms with van der Waals surface area (Å²) in [6.45, 7) is 14.1. The normalized spacial score (nSPS) is 20.1. The Morgan fingerprint density at radius 3 is 2.71 bits per heavy atom. The molecule has 0 amide bonds. The van der Waals surface area contributed by atoms with E-state index in [9.17, 15) is 0 Å². The lowest BCUT2D eigenvalue weighted by Gasteiger charge is -2.34. The van der Waals surface area contributed by atoms with Gasteiger partial charge in [-0.1, -0.05) is 32.9 Å². The van der Waals surface area contributed by atoms with Crippen molar-refractivity contribution in [1.29, 1.82) is 0 Å². The van der Waals surface area contributed by atoms with Crippen LogP contribution in [0.15, 0.2) is 4.52 Å². The quantitative estimate of drug-likeness (QED) is 0.836. The van der Waals surface area contributed by atoms with Crippen LogP contribution in [-0.4, -0.2) is 47.8 Å². The smallest absolute Gasteiger partial charge is 0.232 e. The van der Waals surface area contributed by atoms with Crippen LogP contribution in [0.4, 0.5) is 0 Å². The van der Waals surface area contributed by atoms with Crippen molar-refractivity contribution in [3.05, 3.63) is 11.7 Å². The summed E-state index contributed by atoms with van der Waals surface area (Å²) in [7, 11) is 0. The highest BCUT2D eigenvalue weighted by Crippen LogP contribution is 2.34. The lowest BCUT2D eigenvalue weighted by molar-refractivity contribution is 0.196. The Hall–Kier alpha value is -0.940. The second-order valence-corrected chi connectivity index (χ2v) is 6.56. The SMILES string of the molecule is CCN(CC)CCc1noc(C(C)(C)C2CCCNC2)n1. The zero-order valence-corrected chi connectivity index (χ0v) is 14.0. The van der Waals surface area contributed by atoms with Gasteiger partial charge in [-0.05, 0) is 44.9 Å². The number of aromatic nitrogens is 2. The predicted molar refractivity (Wildman–Crippen MR) is 84.4 cm³/mol. The molecule has 1 atom stereocenters. The zero-order chi connectivity index (χ0) is 15.3. The predicted octanol–water partition coefficient (Wildman–Crippen LogP) is 2.23.